The van der Waals surface area contributed by atoms with Gasteiger partial charge >= 0.3 is 0 Å². The van der Waals surface area contributed by atoms with Crippen LogP contribution in [0.5, 0.6) is 0 Å². The van der Waals surface area contributed by atoms with Gasteiger partial charge in [-0.15, -0.1) is 0 Å². The van der Waals surface area contributed by atoms with E-state index in [-0.39, 0.29) is 17.2 Å². The molecule has 0 spiro atoms. The summed E-state index contributed by atoms with van der Waals surface area (Å²) in [5.74, 6) is -0.496. The fraction of sp³-hybridized carbons (Fsp3) is 0.467. The predicted molar refractivity (Wildman–Crippen MR) is 84.2 cm³/mol. The van der Waals surface area contributed by atoms with Crippen LogP contribution in [0.15, 0.2) is 24.3 Å². The molecule has 1 atom stereocenters. The Kier molecular flexibility index (Phi) is 6.18. The maximum atomic E-state index is 11.9. The third kappa shape index (κ3) is 5.36. The Bertz CT molecular complexity index is 512. The molecule has 5 nitrogen and oxygen atoms in total. The van der Waals surface area contributed by atoms with Crippen molar-refractivity contribution in [1.29, 1.82) is 0 Å². The summed E-state index contributed by atoms with van der Waals surface area (Å²) in [6.07, 6.45) is 0. The number of hydrogen-bond donors (Lipinski definition) is 3. The zero-order valence-electron chi connectivity index (χ0n) is 12.6. The molecule has 2 amide bonds. The molecule has 1 aromatic carbocycles. The molecule has 0 bridgehead atoms. The van der Waals surface area contributed by atoms with E-state index in [0.717, 1.165) is 0 Å². The molecular formula is C15H22ClN3O2. The summed E-state index contributed by atoms with van der Waals surface area (Å²) >= 11 is 5.93. The summed E-state index contributed by atoms with van der Waals surface area (Å²) in [6.45, 7) is 6.33. The number of halogens is 1. The number of rotatable bonds is 5. The Labute approximate surface area is 130 Å². The third-order valence-electron chi connectivity index (χ3n) is 3.04. The number of amides is 2. The maximum absolute atomic E-state index is 11.9. The molecule has 0 heterocycles. The van der Waals surface area contributed by atoms with Crippen LogP contribution < -0.4 is 16.4 Å². The summed E-state index contributed by atoms with van der Waals surface area (Å²) < 4.78 is 0. The van der Waals surface area contributed by atoms with Gasteiger partial charge in [0.05, 0.1) is 16.6 Å². The van der Waals surface area contributed by atoms with Crippen LogP contribution in [0.1, 0.15) is 31.1 Å². The first-order valence-electron chi connectivity index (χ1n) is 6.79. The van der Waals surface area contributed by atoms with Crippen LogP contribution in [0.3, 0.4) is 0 Å². The molecular weight excluding hydrogens is 290 g/mol. The molecule has 0 aliphatic heterocycles. The zero-order chi connectivity index (χ0) is 16.0. The average Bonchev–Trinajstić information content (AvgIpc) is 2.41. The maximum Gasteiger partial charge on any atom is 0.252 e. The number of carbonyl (C=O) groups excluding carboxylic acids is 2. The molecule has 116 valence electrons. The van der Waals surface area contributed by atoms with Crippen molar-refractivity contribution in [2.75, 3.05) is 13.1 Å². The number of nitrogens with one attached hydrogen (secondary N) is 2. The molecule has 21 heavy (non-hydrogen) atoms. The monoisotopic (exact) mass is 311 g/mol. The second-order valence-electron chi connectivity index (χ2n) is 5.87. The zero-order valence-corrected chi connectivity index (χ0v) is 13.3. The fourth-order valence-electron chi connectivity index (χ4n) is 1.61. The van der Waals surface area contributed by atoms with Gasteiger partial charge in [0.2, 0.25) is 5.91 Å². The Balaban J connectivity index is 2.37. The van der Waals surface area contributed by atoms with Gasteiger partial charge < -0.3 is 16.4 Å². The van der Waals surface area contributed by atoms with Gasteiger partial charge in [-0.05, 0) is 17.5 Å². The molecule has 4 N–H and O–H groups in total. The van der Waals surface area contributed by atoms with Crippen LogP contribution in [0, 0.1) is 5.41 Å². The molecule has 0 aliphatic carbocycles. The molecule has 1 rings (SSSR count). The molecule has 0 saturated heterocycles. The number of benzene rings is 1. The number of carbonyl (C=O) groups is 2. The van der Waals surface area contributed by atoms with E-state index in [1.807, 2.05) is 20.8 Å². The second kappa shape index (κ2) is 7.43. The summed E-state index contributed by atoms with van der Waals surface area (Å²) in [5.41, 5.74) is 5.94. The molecule has 0 aliphatic rings. The van der Waals surface area contributed by atoms with Crippen molar-refractivity contribution in [3.63, 3.8) is 0 Å². The second-order valence-corrected chi connectivity index (χ2v) is 6.28. The lowest BCUT2D eigenvalue weighted by Gasteiger charge is -2.25. The van der Waals surface area contributed by atoms with Gasteiger partial charge in [-0.2, -0.15) is 0 Å². The van der Waals surface area contributed by atoms with Crippen LogP contribution in [-0.4, -0.2) is 30.9 Å². The number of nitrogens with two attached hydrogens (primary N) is 1. The van der Waals surface area contributed by atoms with E-state index >= 15 is 0 Å². The molecule has 0 fully saturated rings. The summed E-state index contributed by atoms with van der Waals surface area (Å²) in [7, 11) is 0. The molecule has 0 aromatic heterocycles. The summed E-state index contributed by atoms with van der Waals surface area (Å²) in [5, 5.41) is 5.79. The molecule has 1 aromatic rings. The Morgan fingerprint density at radius 2 is 1.76 bits per heavy atom. The van der Waals surface area contributed by atoms with Crippen LogP contribution in [0.4, 0.5) is 0 Å². The van der Waals surface area contributed by atoms with Crippen LogP contribution in [0.25, 0.3) is 0 Å². The molecule has 0 radical (unpaired) electrons. The van der Waals surface area contributed by atoms with E-state index < -0.39 is 6.04 Å². The van der Waals surface area contributed by atoms with E-state index in [4.69, 9.17) is 17.3 Å². The molecule has 0 saturated carbocycles. The standard InChI is InChI=1S/C15H22ClN3O2/c1-15(2,3)12(17)14(21)19-9-8-18-13(20)10-6-4-5-7-11(10)16/h4-7,12H,8-9,17H2,1-3H3,(H,18,20)(H,19,21)/t12-/m1/s1. The first-order chi connectivity index (χ1) is 9.73. The predicted octanol–water partition coefficient (Wildman–Crippen LogP) is 1.56. The van der Waals surface area contributed by atoms with Gasteiger partial charge in [0.1, 0.15) is 0 Å². The van der Waals surface area contributed by atoms with Gasteiger partial charge in [0.25, 0.3) is 5.91 Å². The van der Waals surface area contributed by atoms with Crippen LogP contribution >= 0.6 is 11.6 Å². The topological polar surface area (TPSA) is 84.2 Å². The summed E-state index contributed by atoms with van der Waals surface area (Å²) in [4.78, 5) is 23.7. The lowest BCUT2D eigenvalue weighted by molar-refractivity contribution is -0.124. The van der Waals surface area contributed by atoms with Crippen molar-refractivity contribution in [2.24, 2.45) is 11.1 Å². The highest BCUT2D eigenvalue weighted by Crippen LogP contribution is 2.17. The normalized spacial score (nSPS) is 12.6. The largest absolute Gasteiger partial charge is 0.353 e. The highest BCUT2D eigenvalue weighted by molar-refractivity contribution is 6.33. The lowest BCUT2D eigenvalue weighted by Crippen LogP contribution is -2.49. The van der Waals surface area contributed by atoms with Crippen molar-refractivity contribution < 1.29 is 9.59 Å². The van der Waals surface area contributed by atoms with Gasteiger partial charge in [-0.25, -0.2) is 0 Å². The quantitative estimate of drug-likeness (QED) is 0.722. The van der Waals surface area contributed by atoms with E-state index in [9.17, 15) is 9.59 Å². The Hall–Kier alpha value is -1.59. The minimum atomic E-state index is -0.586. The molecule has 0 unspecified atom stereocenters. The Morgan fingerprint density at radius 1 is 1.19 bits per heavy atom. The summed E-state index contributed by atoms with van der Waals surface area (Å²) in [6, 6.07) is 6.21. The van der Waals surface area contributed by atoms with E-state index in [1.165, 1.54) is 0 Å². The van der Waals surface area contributed by atoms with Crippen molar-refractivity contribution in [3.8, 4) is 0 Å². The fourth-order valence-corrected chi connectivity index (χ4v) is 1.83. The Morgan fingerprint density at radius 3 is 2.33 bits per heavy atom. The van der Waals surface area contributed by atoms with Gasteiger partial charge in [0, 0.05) is 13.1 Å². The van der Waals surface area contributed by atoms with E-state index in [0.29, 0.717) is 23.7 Å². The van der Waals surface area contributed by atoms with Crippen LogP contribution in [0.2, 0.25) is 5.02 Å². The average molecular weight is 312 g/mol. The highest BCUT2D eigenvalue weighted by Gasteiger charge is 2.26. The smallest absolute Gasteiger partial charge is 0.252 e. The number of hydrogen-bond acceptors (Lipinski definition) is 3. The van der Waals surface area contributed by atoms with Gasteiger partial charge in [0.15, 0.2) is 0 Å². The minimum Gasteiger partial charge on any atom is -0.353 e. The van der Waals surface area contributed by atoms with Crippen molar-refractivity contribution in [2.45, 2.75) is 26.8 Å². The van der Waals surface area contributed by atoms with Crippen LogP contribution in [-0.2, 0) is 4.79 Å². The van der Waals surface area contributed by atoms with Gasteiger partial charge in [-0.3, -0.25) is 9.59 Å². The van der Waals surface area contributed by atoms with Gasteiger partial charge in [-0.1, -0.05) is 44.5 Å². The minimum absolute atomic E-state index is 0.227. The SMILES string of the molecule is CC(C)(C)[C@H](N)C(=O)NCCNC(=O)c1ccccc1Cl. The van der Waals surface area contributed by atoms with E-state index in [2.05, 4.69) is 10.6 Å². The van der Waals surface area contributed by atoms with Crippen molar-refractivity contribution in [3.05, 3.63) is 34.9 Å². The van der Waals surface area contributed by atoms with Crippen molar-refractivity contribution in [1.82, 2.24) is 10.6 Å². The van der Waals surface area contributed by atoms with Crippen molar-refractivity contribution >= 4 is 23.4 Å². The highest BCUT2D eigenvalue weighted by atomic mass is 35.5. The first kappa shape index (κ1) is 17.5. The lowest BCUT2D eigenvalue weighted by atomic mass is 9.87. The van der Waals surface area contributed by atoms with E-state index in [1.54, 1.807) is 24.3 Å². The molecule has 6 heteroatoms. The third-order valence-corrected chi connectivity index (χ3v) is 3.37. The first-order valence-corrected chi connectivity index (χ1v) is 7.17.